The van der Waals surface area contributed by atoms with Gasteiger partial charge in [0.15, 0.2) is 0 Å². The highest BCUT2D eigenvalue weighted by Crippen LogP contribution is 2.21. The molecule has 3 atom stereocenters. The van der Waals surface area contributed by atoms with Gasteiger partial charge in [0, 0.05) is 44.1 Å². The van der Waals surface area contributed by atoms with Crippen LogP contribution in [0.4, 0.5) is 0 Å². The fourth-order valence-corrected chi connectivity index (χ4v) is 4.19. The van der Waals surface area contributed by atoms with E-state index in [9.17, 15) is 9.90 Å². The van der Waals surface area contributed by atoms with Gasteiger partial charge in [-0.1, -0.05) is 30.3 Å². The standard InChI is InChI=1S/C24H37N5O4/c1-18-12-29(19(2)16-30)24(31)10-7-11-28-14-21(25-26-28)17-33-23(18)15-27(3)13-20-8-5-6-9-22(20)32-4/h5-6,8-9,14,18-19,23,30H,7,10-13,15-17H2,1-4H3/t18-,19+,23+/m0/s1. The van der Waals surface area contributed by atoms with Crippen molar-refractivity contribution in [3.63, 3.8) is 0 Å². The van der Waals surface area contributed by atoms with Crippen molar-refractivity contribution < 1.29 is 19.4 Å². The second-order valence-electron chi connectivity index (χ2n) is 8.99. The average molecular weight is 460 g/mol. The minimum Gasteiger partial charge on any atom is -0.496 e. The molecule has 2 heterocycles. The molecule has 9 heteroatoms. The third-order valence-corrected chi connectivity index (χ3v) is 6.17. The van der Waals surface area contributed by atoms with Crippen LogP contribution in [0.25, 0.3) is 0 Å². The van der Waals surface area contributed by atoms with Gasteiger partial charge >= 0.3 is 0 Å². The molecule has 0 saturated carbocycles. The highest BCUT2D eigenvalue weighted by Gasteiger charge is 2.28. The Balaban J connectivity index is 1.77. The molecule has 0 saturated heterocycles. The van der Waals surface area contributed by atoms with Gasteiger partial charge in [-0.25, -0.2) is 0 Å². The van der Waals surface area contributed by atoms with E-state index in [1.54, 1.807) is 16.7 Å². The first-order valence-electron chi connectivity index (χ1n) is 11.6. The molecular weight excluding hydrogens is 422 g/mol. The smallest absolute Gasteiger partial charge is 0.222 e. The number of hydrogen-bond acceptors (Lipinski definition) is 7. The zero-order valence-corrected chi connectivity index (χ0v) is 20.2. The second kappa shape index (κ2) is 12.1. The zero-order valence-electron chi connectivity index (χ0n) is 20.2. The molecule has 2 aromatic rings. The van der Waals surface area contributed by atoms with Crippen molar-refractivity contribution in [2.75, 3.05) is 33.9 Å². The van der Waals surface area contributed by atoms with E-state index in [0.717, 1.165) is 17.0 Å². The van der Waals surface area contributed by atoms with E-state index in [4.69, 9.17) is 9.47 Å². The molecule has 1 amide bonds. The number of carbonyl (C=O) groups excluding carboxylic acids is 1. The van der Waals surface area contributed by atoms with E-state index >= 15 is 0 Å². The fraction of sp³-hybridized carbons (Fsp3) is 0.625. The number of methoxy groups -OCH3 is 1. The summed E-state index contributed by atoms with van der Waals surface area (Å²) < 4.78 is 13.6. The first-order chi connectivity index (χ1) is 15.9. The Kier molecular flexibility index (Phi) is 9.22. The van der Waals surface area contributed by atoms with Gasteiger partial charge in [0.2, 0.25) is 5.91 Å². The van der Waals surface area contributed by atoms with Gasteiger partial charge in [-0.15, -0.1) is 5.10 Å². The van der Waals surface area contributed by atoms with Gasteiger partial charge in [0.25, 0.3) is 0 Å². The molecule has 0 fully saturated rings. The molecule has 2 bridgehead atoms. The number of aliphatic hydroxyl groups is 1. The van der Waals surface area contributed by atoms with Crippen LogP contribution in [0.5, 0.6) is 5.75 Å². The molecule has 9 nitrogen and oxygen atoms in total. The van der Waals surface area contributed by atoms with Crippen molar-refractivity contribution in [2.24, 2.45) is 5.92 Å². The van der Waals surface area contributed by atoms with Crippen LogP contribution in [0.3, 0.4) is 0 Å². The number of amides is 1. The highest BCUT2D eigenvalue weighted by molar-refractivity contribution is 5.76. The summed E-state index contributed by atoms with van der Waals surface area (Å²) in [5, 5.41) is 18.1. The molecule has 0 radical (unpaired) electrons. The topological polar surface area (TPSA) is 93.0 Å². The van der Waals surface area contributed by atoms with Gasteiger partial charge in [-0.2, -0.15) is 0 Å². The predicted octanol–water partition coefficient (Wildman–Crippen LogP) is 1.94. The Morgan fingerprint density at radius 3 is 2.91 bits per heavy atom. The maximum atomic E-state index is 13.0. The van der Waals surface area contributed by atoms with Crippen molar-refractivity contribution in [3.8, 4) is 5.75 Å². The number of ether oxygens (including phenoxy) is 2. The SMILES string of the molecule is COc1ccccc1CN(C)C[C@H]1OCc2cn(nn2)CCCC(=O)N([C@H](C)CO)C[C@@H]1C. The molecule has 1 aromatic carbocycles. The number of aromatic nitrogens is 3. The number of hydrogen-bond donors (Lipinski definition) is 1. The molecule has 0 unspecified atom stereocenters. The molecule has 182 valence electrons. The minimum absolute atomic E-state index is 0.0455. The van der Waals surface area contributed by atoms with Gasteiger partial charge in [0.1, 0.15) is 11.4 Å². The van der Waals surface area contributed by atoms with E-state index in [0.29, 0.717) is 45.6 Å². The molecule has 1 aromatic heterocycles. The maximum Gasteiger partial charge on any atom is 0.222 e. The summed E-state index contributed by atoms with van der Waals surface area (Å²) in [7, 11) is 3.74. The lowest BCUT2D eigenvalue weighted by atomic mass is 10.0. The van der Waals surface area contributed by atoms with Gasteiger partial charge < -0.3 is 19.5 Å². The number of benzene rings is 1. The molecule has 1 N–H and O–H groups in total. The normalized spacial score (nSPS) is 21.3. The first kappa shape index (κ1) is 25.1. The van der Waals surface area contributed by atoms with Crippen molar-refractivity contribution in [1.82, 2.24) is 24.8 Å². The summed E-state index contributed by atoms with van der Waals surface area (Å²) in [6.07, 6.45) is 2.83. The Morgan fingerprint density at radius 1 is 1.36 bits per heavy atom. The number of likely N-dealkylation sites (N-methyl/N-ethyl adjacent to an activating group) is 1. The van der Waals surface area contributed by atoms with E-state index < -0.39 is 0 Å². The van der Waals surface area contributed by atoms with E-state index in [1.165, 1.54) is 0 Å². The van der Waals surface area contributed by atoms with Gasteiger partial charge in [0.05, 0.1) is 38.7 Å². The zero-order chi connectivity index (χ0) is 23.8. The lowest BCUT2D eigenvalue weighted by Crippen LogP contribution is -2.47. The highest BCUT2D eigenvalue weighted by atomic mass is 16.5. The summed E-state index contributed by atoms with van der Waals surface area (Å²) in [4.78, 5) is 17.0. The number of fused-ring (bicyclic) bond motifs is 2. The third kappa shape index (κ3) is 6.99. The van der Waals surface area contributed by atoms with Gasteiger partial charge in [-0.3, -0.25) is 14.4 Å². The van der Waals surface area contributed by atoms with E-state index in [1.807, 2.05) is 31.3 Å². The number of aliphatic hydroxyl groups excluding tert-OH is 1. The number of para-hydroxylation sites is 1. The van der Waals surface area contributed by atoms with Crippen LogP contribution in [0.1, 0.15) is 37.9 Å². The number of aryl methyl sites for hydroxylation is 1. The van der Waals surface area contributed by atoms with Crippen LogP contribution in [-0.4, -0.2) is 81.8 Å². The number of carbonyl (C=O) groups is 1. The fourth-order valence-electron chi connectivity index (χ4n) is 4.19. The Morgan fingerprint density at radius 2 is 2.15 bits per heavy atom. The van der Waals surface area contributed by atoms with Crippen molar-refractivity contribution in [1.29, 1.82) is 0 Å². The lowest BCUT2D eigenvalue weighted by Gasteiger charge is -2.35. The summed E-state index contributed by atoms with van der Waals surface area (Å²) in [6, 6.07) is 7.75. The van der Waals surface area contributed by atoms with Crippen LogP contribution >= 0.6 is 0 Å². The van der Waals surface area contributed by atoms with Crippen molar-refractivity contribution >= 4 is 5.91 Å². The first-order valence-corrected chi connectivity index (χ1v) is 11.6. The summed E-state index contributed by atoms with van der Waals surface area (Å²) in [6.45, 7) is 6.81. The molecule has 0 spiro atoms. The van der Waals surface area contributed by atoms with E-state index in [-0.39, 0.29) is 30.6 Å². The third-order valence-electron chi connectivity index (χ3n) is 6.17. The van der Waals surface area contributed by atoms with Crippen LogP contribution in [0, 0.1) is 5.92 Å². The molecule has 1 aliphatic heterocycles. The monoisotopic (exact) mass is 459 g/mol. The molecular formula is C24H37N5O4. The van der Waals surface area contributed by atoms with Crippen molar-refractivity contribution in [3.05, 3.63) is 41.7 Å². The molecule has 1 aliphatic rings. The quantitative estimate of drug-likeness (QED) is 0.676. The maximum absolute atomic E-state index is 13.0. The van der Waals surface area contributed by atoms with Crippen LogP contribution in [0.2, 0.25) is 0 Å². The number of nitrogens with zero attached hydrogens (tertiary/aromatic N) is 5. The van der Waals surface area contributed by atoms with Crippen LogP contribution in [-0.2, 0) is 29.2 Å². The largest absolute Gasteiger partial charge is 0.496 e. The number of rotatable bonds is 7. The second-order valence-corrected chi connectivity index (χ2v) is 8.99. The Hall–Kier alpha value is -2.49. The molecule has 33 heavy (non-hydrogen) atoms. The molecule has 3 rings (SSSR count). The van der Waals surface area contributed by atoms with Crippen LogP contribution in [0.15, 0.2) is 30.5 Å². The minimum atomic E-state index is -0.241. The van der Waals surface area contributed by atoms with Crippen LogP contribution < -0.4 is 4.74 Å². The van der Waals surface area contributed by atoms with Crippen molar-refractivity contribution in [2.45, 2.75) is 58.5 Å². The lowest BCUT2D eigenvalue weighted by molar-refractivity contribution is -0.136. The summed E-state index contributed by atoms with van der Waals surface area (Å²) in [5.74, 6) is 0.960. The van der Waals surface area contributed by atoms with Gasteiger partial charge in [-0.05, 0) is 26.5 Å². The molecule has 0 aliphatic carbocycles. The Bertz CT molecular complexity index is 889. The summed E-state index contributed by atoms with van der Waals surface area (Å²) in [5.41, 5.74) is 1.89. The van der Waals surface area contributed by atoms with E-state index in [2.05, 4.69) is 35.2 Å². The Labute approximate surface area is 196 Å². The average Bonchev–Trinajstić information content (AvgIpc) is 3.27. The summed E-state index contributed by atoms with van der Waals surface area (Å²) >= 11 is 0. The predicted molar refractivity (Wildman–Crippen MR) is 125 cm³/mol.